The van der Waals surface area contributed by atoms with Gasteiger partial charge in [-0.15, -0.1) is 0 Å². The zero-order valence-electron chi connectivity index (χ0n) is 12.9. The molecule has 21 heavy (non-hydrogen) atoms. The van der Waals surface area contributed by atoms with Gasteiger partial charge in [0.2, 0.25) is 5.91 Å². The SMILES string of the molecule is CC(C)(Cc1ccc(Br)cc1)NC(=O)CCC1CCNC1. The third-order valence-electron chi connectivity index (χ3n) is 3.98. The van der Waals surface area contributed by atoms with E-state index in [1.807, 2.05) is 12.1 Å². The second kappa shape index (κ2) is 7.41. The Bertz CT molecular complexity index is 464. The number of benzene rings is 1. The molecule has 4 heteroatoms. The summed E-state index contributed by atoms with van der Waals surface area (Å²) in [5, 5.41) is 6.52. The number of nitrogens with one attached hydrogen (secondary N) is 2. The standard InChI is InChI=1S/C17H25BrN2O/c1-17(2,11-13-3-6-15(18)7-4-13)20-16(21)8-5-14-9-10-19-12-14/h3-4,6-7,14,19H,5,8-12H2,1-2H3,(H,20,21). The Kier molecular flexibility index (Phi) is 5.82. The number of rotatable bonds is 6. The third-order valence-corrected chi connectivity index (χ3v) is 4.51. The van der Waals surface area contributed by atoms with Gasteiger partial charge >= 0.3 is 0 Å². The Morgan fingerprint density at radius 3 is 2.71 bits per heavy atom. The smallest absolute Gasteiger partial charge is 0.220 e. The molecule has 2 N–H and O–H groups in total. The van der Waals surface area contributed by atoms with Crippen molar-refractivity contribution in [2.75, 3.05) is 13.1 Å². The number of carbonyl (C=O) groups excluding carboxylic acids is 1. The van der Waals surface area contributed by atoms with Gasteiger partial charge in [-0.3, -0.25) is 4.79 Å². The van der Waals surface area contributed by atoms with E-state index in [4.69, 9.17) is 0 Å². The molecule has 1 heterocycles. The van der Waals surface area contributed by atoms with E-state index < -0.39 is 0 Å². The minimum atomic E-state index is -0.209. The van der Waals surface area contributed by atoms with E-state index in [2.05, 4.69) is 52.5 Å². The molecule has 1 unspecified atom stereocenters. The van der Waals surface area contributed by atoms with E-state index in [9.17, 15) is 4.79 Å². The molecule has 2 rings (SSSR count). The van der Waals surface area contributed by atoms with Gasteiger partial charge in [0.1, 0.15) is 0 Å². The number of hydrogen-bond donors (Lipinski definition) is 2. The topological polar surface area (TPSA) is 41.1 Å². The quantitative estimate of drug-likeness (QED) is 0.824. The van der Waals surface area contributed by atoms with Crippen LogP contribution in [-0.4, -0.2) is 24.5 Å². The highest BCUT2D eigenvalue weighted by molar-refractivity contribution is 9.10. The summed E-state index contributed by atoms with van der Waals surface area (Å²) in [5.74, 6) is 0.842. The molecule has 0 aromatic heterocycles. The number of carbonyl (C=O) groups is 1. The first kappa shape index (κ1) is 16.5. The van der Waals surface area contributed by atoms with Gasteiger partial charge < -0.3 is 10.6 Å². The van der Waals surface area contributed by atoms with Crippen LogP contribution in [0.15, 0.2) is 28.7 Å². The average Bonchev–Trinajstić information content (AvgIpc) is 2.91. The van der Waals surface area contributed by atoms with E-state index in [1.165, 1.54) is 12.0 Å². The highest BCUT2D eigenvalue weighted by Crippen LogP contribution is 2.18. The Morgan fingerprint density at radius 1 is 1.38 bits per heavy atom. The fourth-order valence-electron chi connectivity index (χ4n) is 2.89. The minimum Gasteiger partial charge on any atom is -0.351 e. The van der Waals surface area contributed by atoms with Gasteiger partial charge in [0, 0.05) is 16.4 Å². The lowest BCUT2D eigenvalue weighted by atomic mass is 9.94. The molecule has 1 aliphatic heterocycles. The molecular formula is C17H25BrN2O. The number of halogens is 1. The summed E-state index contributed by atoms with van der Waals surface area (Å²) in [6.07, 6.45) is 3.68. The number of hydrogen-bond acceptors (Lipinski definition) is 2. The zero-order chi connectivity index (χ0) is 15.3. The van der Waals surface area contributed by atoms with Crippen molar-refractivity contribution in [3.8, 4) is 0 Å². The first-order valence-electron chi connectivity index (χ1n) is 7.71. The van der Waals surface area contributed by atoms with Crippen molar-refractivity contribution < 1.29 is 4.79 Å². The van der Waals surface area contributed by atoms with Crippen molar-refractivity contribution in [2.24, 2.45) is 5.92 Å². The lowest BCUT2D eigenvalue weighted by Gasteiger charge is -2.27. The third kappa shape index (κ3) is 5.79. The van der Waals surface area contributed by atoms with Crippen LogP contribution in [0.1, 0.15) is 38.7 Å². The predicted molar refractivity (Wildman–Crippen MR) is 90.3 cm³/mol. The van der Waals surface area contributed by atoms with Gasteiger partial charge in [-0.2, -0.15) is 0 Å². The molecule has 1 saturated heterocycles. The lowest BCUT2D eigenvalue weighted by molar-refractivity contribution is -0.122. The average molecular weight is 353 g/mol. The molecule has 116 valence electrons. The molecule has 0 radical (unpaired) electrons. The fraction of sp³-hybridized carbons (Fsp3) is 0.588. The van der Waals surface area contributed by atoms with Crippen molar-refractivity contribution >= 4 is 21.8 Å². The molecule has 1 atom stereocenters. The Hall–Kier alpha value is -0.870. The van der Waals surface area contributed by atoms with Crippen molar-refractivity contribution in [2.45, 2.75) is 45.1 Å². The maximum absolute atomic E-state index is 12.1. The molecule has 1 fully saturated rings. The van der Waals surface area contributed by atoms with Crippen molar-refractivity contribution in [3.63, 3.8) is 0 Å². The summed E-state index contributed by atoms with van der Waals surface area (Å²) in [7, 11) is 0. The lowest BCUT2D eigenvalue weighted by Crippen LogP contribution is -2.45. The molecule has 1 aliphatic rings. The maximum Gasteiger partial charge on any atom is 0.220 e. The molecule has 1 aromatic carbocycles. The van der Waals surface area contributed by atoms with Gasteiger partial charge in [0.25, 0.3) is 0 Å². The predicted octanol–water partition coefficient (Wildman–Crippen LogP) is 3.28. The van der Waals surface area contributed by atoms with E-state index in [-0.39, 0.29) is 11.4 Å². The molecule has 0 aliphatic carbocycles. The zero-order valence-corrected chi connectivity index (χ0v) is 14.5. The molecule has 0 saturated carbocycles. The second-order valence-electron chi connectivity index (χ2n) is 6.63. The summed E-state index contributed by atoms with van der Waals surface area (Å²) in [6.45, 7) is 6.34. The molecule has 1 amide bonds. The van der Waals surface area contributed by atoms with Crippen LogP contribution < -0.4 is 10.6 Å². The van der Waals surface area contributed by atoms with E-state index in [0.29, 0.717) is 12.3 Å². The number of amides is 1. The summed E-state index contributed by atoms with van der Waals surface area (Å²) in [4.78, 5) is 12.1. The van der Waals surface area contributed by atoms with Crippen LogP contribution in [0.25, 0.3) is 0 Å². The van der Waals surface area contributed by atoms with Crippen LogP contribution in [0, 0.1) is 5.92 Å². The molecular weight excluding hydrogens is 328 g/mol. The minimum absolute atomic E-state index is 0.170. The van der Waals surface area contributed by atoms with Gasteiger partial charge in [-0.1, -0.05) is 28.1 Å². The van der Waals surface area contributed by atoms with Crippen LogP contribution in [0.3, 0.4) is 0 Å². The van der Waals surface area contributed by atoms with Crippen LogP contribution in [0.5, 0.6) is 0 Å². The Balaban J connectivity index is 1.78. The van der Waals surface area contributed by atoms with Gasteiger partial charge in [0.15, 0.2) is 0 Å². The Labute approximate surface area is 136 Å². The molecule has 0 spiro atoms. The highest BCUT2D eigenvalue weighted by atomic mass is 79.9. The van der Waals surface area contributed by atoms with E-state index in [0.717, 1.165) is 30.4 Å². The second-order valence-corrected chi connectivity index (χ2v) is 7.55. The van der Waals surface area contributed by atoms with Crippen LogP contribution >= 0.6 is 15.9 Å². The monoisotopic (exact) mass is 352 g/mol. The van der Waals surface area contributed by atoms with Crippen LogP contribution in [0.2, 0.25) is 0 Å². The van der Waals surface area contributed by atoms with Gasteiger partial charge in [-0.25, -0.2) is 0 Å². The van der Waals surface area contributed by atoms with E-state index in [1.54, 1.807) is 0 Å². The van der Waals surface area contributed by atoms with Crippen LogP contribution in [0.4, 0.5) is 0 Å². The van der Waals surface area contributed by atoms with Crippen molar-refractivity contribution in [1.29, 1.82) is 0 Å². The normalized spacial score (nSPS) is 18.7. The van der Waals surface area contributed by atoms with Gasteiger partial charge in [-0.05, 0) is 69.8 Å². The molecule has 1 aromatic rings. The first-order valence-corrected chi connectivity index (χ1v) is 8.50. The van der Waals surface area contributed by atoms with Crippen LogP contribution in [-0.2, 0) is 11.2 Å². The summed E-state index contributed by atoms with van der Waals surface area (Å²) in [6, 6.07) is 8.28. The van der Waals surface area contributed by atoms with Gasteiger partial charge in [0.05, 0.1) is 0 Å². The van der Waals surface area contributed by atoms with E-state index >= 15 is 0 Å². The maximum atomic E-state index is 12.1. The summed E-state index contributed by atoms with van der Waals surface area (Å²) < 4.78 is 1.08. The first-order chi connectivity index (χ1) is 9.94. The largest absolute Gasteiger partial charge is 0.351 e. The fourth-order valence-corrected chi connectivity index (χ4v) is 3.16. The van der Waals surface area contributed by atoms with Crippen molar-refractivity contribution in [3.05, 3.63) is 34.3 Å². The van der Waals surface area contributed by atoms with Crippen molar-refractivity contribution in [1.82, 2.24) is 10.6 Å². The molecule has 3 nitrogen and oxygen atoms in total. The molecule has 0 bridgehead atoms. The summed E-state index contributed by atoms with van der Waals surface area (Å²) >= 11 is 3.44. The highest BCUT2D eigenvalue weighted by Gasteiger charge is 2.22. The summed E-state index contributed by atoms with van der Waals surface area (Å²) in [5.41, 5.74) is 1.03. The Morgan fingerprint density at radius 2 is 2.10 bits per heavy atom.